The highest BCUT2D eigenvalue weighted by Crippen LogP contribution is 2.22. The summed E-state index contributed by atoms with van der Waals surface area (Å²) in [6.45, 7) is 3.75. The van der Waals surface area contributed by atoms with Crippen molar-refractivity contribution in [1.82, 2.24) is 0 Å². The second kappa shape index (κ2) is 7.26. The molecule has 0 rings (SSSR count). The van der Waals surface area contributed by atoms with Crippen LogP contribution in [0.3, 0.4) is 0 Å². The Labute approximate surface area is 90.3 Å². The van der Waals surface area contributed by atoms with Crippen molar-refractivity contribution in [3.63, 3.8) is 0 Å². The number of hydrogen-bond acceptors (Lipinski definition) is 2. The van der Waals surface area contributed by atoms with E-state index in [1.807, 2.05) is 6.92 Å². The Morgan fingerprint density at radius 3 is 1.87 bits per heavy atom. The number of hydrogen-bond donors (Lipinski definition) is 2. The number of carboxylic acid groups (broad SMARTS) is 2. The summed E-state index contributed by atoms with van der Waals surface area (Å²) in [5.41, 5.74) is 0. The molecule has 2 atom stereocenters. The minimum absolute atomic E-state index is 0.373. The third-order valence-electron chi connectivity index (χ3n) is 2.68. The highest BCUT2D eigenvalue weighted by Gasteiger charge is 2.31. The predicted octanol–water partition coefficient (Wildman–Crippen LogP) is 2.38. The number of carbonyl (C=O) groups is 2. The molecule has 0 fully saturated rings. The maximum absolute atomic E-state index is 10.9. The van der Waals surface area contributed by atoms with Crippen molar-refractivity contribution in [3.05, 3.63) is 0 Å². The molecule has 88 valence electrons. The number of carboxylic acids is 2. The summed E-state index contributed by atoms with van der Waals surface area (Å²) in [6.07, 6.45) is 3.60. The van der Waals surface area contributed by atoms with E-state index in [9.17, 15) is 9.59 Å². The van der Waals surface area contributed by atoms with Crippen molar-refractivity contribution in [2.75, 3.05) is 0 Å². The lowest BCUT2D eigenvalue weighted by Gasteiger charge is -2.18. The highest BCUT2D eigenvalue weighted by atomic mass is 16.4. The number of aliphatic carboxylic acids is 2. The summed E-state index contributed by atoms with van der Waals surface area (Å²) < 4.78 is 0. The van der Waals surface area contributed by atoms with Gasteiger partial charge in [-0.25, -0.2) is 0 Å². The van der Waals surface area contributed by atoms with Gasteiger partial charge >= 0.3 is 11.9 Å². The lowest BCUT2D eigenvalue weighted by molar-refractivity contribution is -0.154. The van der Waals surface area contributed by atoms with E-state index in [-0.39, 0.29) is 0 Å². The topological polar surface area (TPSA) is 74.6 Å². The van der Waals surface area contributed by atoms with Crippen LogP contribution in [0.5, 0.6) is 0 Å². The first-order valence-electron chi connectivity index (χ1n) is 5.50. The Bertz CT molecular complexity index is 213. The minimum Gasteiger partial charge on any atom is -0.481 e. The van der Waals surface area contributed by atoms with Crippen molar-refractivity contribution in [2.24, 2.45) is 11.8 Å². The highest BCUT2D eigenvalue weighted by molar-refractivity contribution is 5.79. The average Bonchev–Trinajstić information content (AvgIpc) is 2.16. The van der Waals surface area contributed by atoms with Crippen LogP contribution < -0.4 is 0 Å². The average molecular weight is 216 g/mol. The number of rotatable bonds is 8. The van der Waals surface area contributed by atoms with E-state index in [1.165, 1.54) is 0 Å². The molecule has 0 aromatic heterocycles. The molecule has 2 N–H and O–H groups in total. The molecule has 0 radical (unpaired) electrons. The van der Waals surface area contributed by atoms with E-state index in [0.29, 0.717) is 12.8 Å². The Morgan fingerprint density at radius 1 is 1.00 bits per heavy atom. The van der Waals surface area contributed by atoms with Gasteiger partial charge in [-0.1, -0.05) is 33.1 Å². The van der Waals surface area contributed by atoms with Gasteiger partial charge in [-0.15, -0.1) is 0 Å². The van der Waals surface area contributed by atoms with Gasteiger partial charge in [-0.05, 0) is 12.8 Å². The second-order valence-corrected chi connectivity index (χ2v) is 3.79. The molecule has 0 saturated heterocycles. The van der Waals surface area contributed by atoms with E-state index in [2.05, 4.69) is 0 Å². The van der Waals surface area contributed by atoms with E-state index >= 15 is 0 Å². The van der Waals surface area contributed by atoms with Gasteiger partial charge in [-0.2, -0.15) is 0 Å². The summed E-state index contributed by atoms with van der Waals surface area (Å²) in [5.74, 6) is -3.47. The number of unbranched alkanes of at least 4 members (excludes halogenated alkanes) is 2. The van der Waals surface area contributed by atoms with Gasteiger partial charge in [0.1, 0.15) is 0 Å². The Kier molecular flexibility index (Phi) is 6.75. The van der Waals surface area contributed by atoms with Crippen LogP contribution in [-0.4, -0.2) is 22.2 Å². The zero-order valence-corrected chi connectivity index (χ0v) is 9.40. The normalized spacial score (nSPS) is 14.5. The zero-order chi connectivity index (χ0) is 11.8. The van der Waals surface area contributed by atoms with Crippen LogP contribution in [0.25, 0.3) is 0 Å². The molecular formula is C11H20O4. The van der Waals surface area contributed by atoms with Crippen LogP contribution in [0, 0.1) is 11.8 Å². The van der Waals surface area contributed by atoms with Gasteiger partial charge < -0.3 is 10.2 Å². The first kappa shape index (κ1) is 13.9. The minimum atomic E-state index is -0.999. The fraction of sp³-hybridized carbons (Fsp3) is 0.818. The smallest absolute Gasteiger partial charge is 0.307 e. The van der Waals surface area contributed by atoms with Crippen LogP contribution in [-0.2, 0) is 9.59 Å². The van der Waals surface area contributed by atoms with Crippen molar-refractivity contribution in [3.8, 4) is 0 Å². The zero-order valence-electron chi connectivity index (χ0n) is 9.40. The summed E-state index contributed by atoms with van der Waals surface area (Å²) in [7, 11) is 0. The van der Waals surface area contributed by atoms with Crippen LogP contribution in [0.1, 0.15) is 46.0 Å². The molecule has 2 unspecified atom stereocenters. The third-order valence-corrected chi connectivity index (χ3v) is 2.68. The van der Waals surface area contributed by atoms with Crippen LogP contribution in [0.15, 0.2) is 0 Å². The molecule has 0 saturated carbocycles. The molecule has 0 heterocycles. The van der Waals surface area contributed by atoms with Crippen LogP contribution in [0.2, 0.25) is 0 Å². The van der Waals surface area contributed by atoms with Gasteiger partial charge in [0, 0.05) is 0 Å². The summed E-state index contributed by atoms with van der Waals surface area (Å²) in [6, 6.07) is 0. The SMILES string of the molecule is CCCCCC(C(=O)O)C(CC)C(=O)O. The Morgan fingerprint density at radius 2 is 1.53 bits per heavy atom. The molecule has 4 nitrogen and oxygen atoms in total. The van der Waals surface area contributed by atoms with Gasteiger partial charge in [-0.3, -0.25) is 9.59 Å². The van der Waals surface area contributed by atoms with E-state index in [0.717, 1.165) is 19.3 Å². The van der Waals surface area contributed by atoms with E-state index in [1.54, 1.807) is 6.92 Å². The molecule has 0 aliphatic carbocycles. The molecule has 0 aliphatic heterocycles. The Balaban J connectivity index is 4.35. The van der Waals surface area contributed by atoms with Crippen LogP contribution >= 0.6 is 0 Å². The molecule has 0 aromatic carbocycles. The molecule has 4 heteroatoms. The van der Waals surface area contributed by atoms with Gasteiger partial charge in [0.2, 0.25) is 0 Å². The van der Waals surface area contributed by atoms with Crippen LogP contribution in [0.4, 0.5) is 0 Å². The summed E-state index contributed by atoms with van der Waals surface area (Å²) >= 11 is 0. The molecule has 0 aromatic rings. The molecule has 0 bridgehead atoms. The Hall–Kier alpha value is -1.06. The first-order valence-corrected chi connectivity index (χ1v) is 5.50. The molecule has 0 aliphatic rings. The lowest BCUT2D eigenvalue weighted by Crippen LogP contribution is -2.29. The lowest BCUT2D eigenvalue weighted by atomic mass is 9.86. The van der Waals surface area contributed by atoms with Crippen molar-refractivity contribution < 1.29 is 19.8 Å². The van der Waals surface area contributed by atoms with E-state index < -0.39 is 23.8 Å². The standard InChI is InChI=1S/C11H20O4/c1-3-5-6-7-9(11(14)15)8(4-2)10(12)13/h8-9H,3-7H2,1-2H3,(H,12,13)(H,14,15). The quantitative estimate of drug-likeness (QED) is 0.611. The predicted molar refractivity (Wildman–Crippen MR) is 56.7 cm³/mol. The first-order chi connectivity index (χ1) is 7.04. The second-order valence-electron chi connectivity index (χ2n) is 3.79. The van der Waals surface area contributed by atoms with Crippen molar-refractivity contribution >= 4 is 11.9 Å². The van der Waals surface area contributed by atoms with Gasteiger partial charge in [0.15, 0.2) is 0 Å². The summed E-state index contributed by atoms with van der Waals surface area (Å²) in [4.78, 5) is 21.8. The van der Waals surface area contributed by atoms with Crippen molar-refractivity contribution in [2.45, 2.75) is 46.0 Å². The molecular weight excluding hydrogens is 196 g/mol. The van der Waals surface area contributed by atoms with E-state index in [4.69, 9.17) is 10.2 Å². The maximum atomic E-state index is 10.9. The fourth-order valence-electron chi connectivity index (χ4n) is 1.74. The molecule has 0 amide bonds. The third kappa shape index (κ3) is 4.81. The summed E-state index contributed by atoms with van der Waals surface area (Å²) in [5, 5.41) is 17.8. The fourth-order valence-corrected chi connectivity index (χ4v) is 1.74. The van der Waals surface area contributed by atoms with Crippen molar-refractivity contribution in [1.29, 1.82) is 0 Å². The largest absolute Gasteiger partial charge is 0.481 e. The van der Waals surface area contributed by atoms with Gasteiger partial charge in [0.25, 0.3) is 0 Å². The molecule has 15 heavy (non-hydrogen) atoms. The van der Waals surface area contributed by atoms with Gasteiger partial charge in [0.05, 0.1) is 11.8 Å². The maximum Gasteiger partial charge on any atom is 0.307 e. The molecule has 0 spiro atoms. The monoisotopic (exact) mass is 216 g/mol.